The Morgan fingerprint density at radius 2 is 2.00 bits per heavy atom. The van der Waals surface area contributed by atoms with Crippen molar-refractivity contribution in [1.82, 2.24) is 10.2 Å². The summed E-state index contributed by atoms with van der Waals surface area (Å²) >= 11 is 12.1. The van der Waals surface area contributed by atoms with Crippen LogP contribution in [0.1, 0.15) is 38.3 Å². The Labute approximate surface area is 126 Å². The summed E-state index contributed by atoms with van der Waals surface area (Å²) in [4.78, 5) is 2.46. The molecular weight excluding hydrogens is 279 g/mol. The van der Waals surface area contributed by atoms with Crippen molar-refractivity contribution in [3.05, 3.63) is 33.8 Å². The molecule has 1 N–H and O–H groups in total. The number of halogens is 2. The molecule has 0 bridgehead atoms. The Balaban J connectivity index is 1.87. The molecule has 1 fully saturated rings. The zero-order chi connectivity index (χ0) is 14.0. The Kier molecular flexibility index (Phi) is 5.13. The lowest BCUT2D eigenvalue weighted by molar-refractivity contribution is 0.237. The number of nitrogens with one attached hydrogen (secondary N) is 1. The Morgan fingerprint density at radius 1 is 1.32 bits per heavy atom. The Hall–Kier alpha value is -0.280. The van der Waals surface area contributed by atoms with Gasteiger partial charge in [-0.2, -0.15) is 0 Å². The SMILES string of the molecule is CC(NCC(C)N(C)C1CC1)c1ccc(Cl)cc1Cl. The highest BCUT2D eigenvalue weighted by Crippen LogP contribution is 2.28. The van der Waals surface area contributed by atoms with Gasteiger partial charge in [0.05, 0.1) is 0 Å². The fourth-order valence-corrected chi connectivity index (χ4v) is 2.87. The molecule has 0 aromatic heterocycles. The molecule has 1 aromatic rings. The molecule has 106 valence electrons. The standard InChI is InChI=1S/C15H22Cl2N2/c1-10(19(3)13-5-6-13)9-18-11(2)14-7-4-12(16)8-15(14)17/h4,7-8,10-11,13,18H,5-6,9H2,1-3H3. The lowest BCUT2D eigenvalue weighted by atomic mass is 10.1. The van der Waals surface area contributed by atoms with E-state index in [1.165, 1.54) is 12.8 Å². The van der Waals surface area contributed by atoms with Crippen molar-refractivity contribution in [3.8, 4) is 0 Å². The molecule has 2 nitrogen and oxygen atoms in total. The van der Waals surface area contributed by atoms with Crippen LogP contribution in [0.25, 0.3) is 0 Å². The highest BCUT2D eigenvalue weighted by atomic mass is 35.5. The van der Waals surface area contributed by atoms with Crippen molar-refractivity contribution >= 4 is 23.2 Å². The molecule has 0 aliphatic heterocycles. The van der Waals surface area contributed by atoms with Gasteiger partial charge in [-0.3, -0.25) is 4.90 Å². The number of rotatable bonds is 6. The Morgan fingerprint density at radius 3 is 2.58 bits per heavy atom. The van der Waals surface area contributed by atoms with Crippen molar-refractivity contribution in [3.63, 3.8) is 0 Å². The minimum Gasteiger partial charge on any atom is -0.309 e. The summed E-state index contributed by atoms with van der Waals surface area (Å²) in [5.74, 6) is 0. The molecule has 2 unspecified atom stereocenters. The predicted molar refractivity (Wildman–Crippen MR) is 83.1 cm³/mol. The van der Waals surface area contributed by atoms with E-state index in [0.29, 0.717) is 11.1 Å². The third-order valence-electron chi connectivity index (χ3n) is 3.97. The lowest BCUT2D eigenvalue weighted by Crippen LogP contribution is -2.39. The second kappa shape index (κ2) is 6.45. The van der Waals surface area contributed by atoms with Crippen LogP contribution in [0.2, 0.25) is 10.0 Å². The number of nitrogens with zero attached hydrogens (tertiary/aromatic N) is 1. The second-order valence-electron chi connectivity index (χ2n) is 5.54. The lowest BCUT2D eigenvalue weighted by Gasteiger charge is -2.26. The number of hydrogen-bond donors (Lipinski definition) is 1. The molecule has 0 saturated heterocycles. The molecule has 0 spiro atoms. The highest BCUT2D eigenvalue weighted by molar-refractivity contribution is 6.35. The smallest absolute Gasteiger partial charge is 0.0468 e. The molecule has 4 heteroatoms. The van der Waals surface area contributed by atoms with Gasteiger partial charge in [0.2, 0.25) is 0 Å². The van der Waals surface area contributed by atoms with Crippen molar-refractivity contribution in [2.45, 2.75) is 44.8 Å². The fourth-order valence-electron chi connectivity index (χ4n) is 2.30. The summed E-state index contributed by atoms with van der Waals surface area (Å²) in [5.41, 5.74) is 1.10. The van der Waals surface area contributed by atoms with Gasteiger partial charge in [0.15, 0.2) is 0 Å². The van der Waals surface area contributed by atoms with E-state index in [-0.39, 0.29) is 6.04 Å². The van der Waals surface area contributed by atoms with E-state index >= 15 is 0 Å². The molecule has 1 saturated carbocycles. The van der Waals surface area contributed by atoms with E-state index in [9.17, 15) is 0 Å². The van der Waals surface area contributed by atoms with Crippen molar-refractivity contribution in [2.24, 2.45) is 0 Å². The normalized spacial score (nSPS) is 18.6. The van der Waals surface area contributed by atoms with Crippen molar-refractivity contribution in [1.29, 1.82) is 0 Å². The van der Waals surface area contributed by atoms with Gasteiger partial charge in [-0.05, 0) is 51.4 Å². The molecule has 19 heavy (non-hydrogen) atoms. The molecule has 0 amide bonds. The summed E-state index contributed by atoms with van der Waals surface area (Å²) in [5, 5.41) is 4.97. The molecule has 1 aliphatic rings. The monoisotopic (exact) mass is 300 g/mol. The maximum absolute atomic E-state index is 6.23. The molecule has 0 heterocycles. The number of hydrogen-bond acceptors (Lipinski definition) is 2. The van der Waals surface area contributed by atoms with E-state index in [4.69, 9.17) is 23.2 Å². The maximum atomic E-state index is 6.23. The fraction of sp³-hybridized carbons (Fsp3) is 0.600. The topological polar surface area (TPSA) is 15.3 Å². The van der Waals surface area contributed by atoms with Crippen LogP contribution in [0.4, 0.5) is 0 Å². The third kappa shape index (κ3) is 4.09. The summed E-state index contributed by atoms with van der Waals surface area (Å²) in [6, 6.07) is 7.27. The van der Waals surface area contributed by atoms with Crippen LogP contribution >= 0.6 is 23.2 Å². The average Bonchev–Trinajstić information content (AvgIpc) is 3.18. The predicted octanol–water partition coefficient (Wildman–Crippen LogP) is 4.13. The Bertz CT molecular complexity index is 432. The van der Waals surface area contributed by atoms with Gasteiger partial charge >= 0.3 is 0 Å². The van der Waals surface area contributed by atoms with Crippen LogP contribution in [0.5, 0.6) is 0 Å². The van der Waals surface area contributed by atoms with E-state index in [2.05, 4.69) is 31.1 Å². The van der Waals surface area contributed by atoms with Gasteiger partial charge in [-0.25, -0.2) is 0 Å². The van der Waals surface area contributed by atoms with Gasteiger partial charge in [0, 0.05) is 34.7 Å². The van der Waals surface area contributed by atoms with Crippen molar-refractivity contribution in [2.75, 3.05) is 13.6 Å². The van der Waals surface area contributed by atoms with E-state index in [1.54, 1.807) is 6.07 Å². The molecular formula is C15H22Cl2N2. The second-order valence-corrected chi connectivity index (χ2v) is 6.39. The quantitative estimate of drug-likeness (QED) is 0.850. The zero-order valence-corrected chi connectivity index (χ0v) is 13.3. The van der Waals surface area contributed by atoms with E-state index in [1.807, 2.05) is 12.1 Å². The maximum Gasteiger partial charge on any atom is 0.0468 e. The molecule has 1 aromatic carbocycles. The first-order chi connectivity index (χ1) is 8.99. The van der Waals surface area contributed by atoms with Gasteiger partial charge in [0.1, 0.15) is 0 Å². The van der Waals surface area contributed by atoms with E-state index < -0.39 is 0 Å². The molecule has 0 radical (unpaired) electrons. The largest absolute Gasteiger partial charge is 0.309 e. The van der Waals surface area contributed by atoms with Crippen LogP contribution in [0, 0.1) is 0 Å². The minimum atomic E-state index is 0.236. The van der Waals surface area contributed by atoms with Crippen LogP contribution in [0.3, 0.4) is 0 Å². The third-order valence-corrected chi connectivity index (χ3v) is 4.53. The number of benzene rings is 1. The summed E-state index contributed by atoms with van der Waals surface area (Å²) in [7, 11) is 2.21. The van der Waals surface area contributed by atoms with Gasteiger partial charge < -0.3 is 5.32 Å². The zero-order valence-electron chi connectivity index (χ0n) is 11.8. The summed E-state index contributed by atoms with van der Waals surface area (Å²) in [6.07, 6.45) is 2.69. The summed E-state index contributed by atoms with van der Waals surface area (Å²) < 4.78 is 0. The minimum absolute atomic E-state index is 0.236. The van der Waals surface area contributed by atoms with Gasteiger partial charge in [0.25, 0.3) is 0 Å². The first-order valence-corrected chi connectivity index (χ1v) is 7.65. The van der Waals surface area contributed by atoms with Crippen LogP contribution in [-0.4, -0.2) is 30.6 Å². The molecule has 1 aliphatic carbocycles. The summed E-state index contributed by atoms with van der Waals surface area (Å²) in [6.45, 7) is 5.37. The highest BCUT2D eigenvalue weighted by Gasteiger charge is 2.29. The van der Waals surface area contributed by atoms with Crippen LogP contribution < -0.4 is 5.32 Å². The number of likely N-dealkylation sites (N-methyl/N-ethyl adjacent to an activating group) is 1. The van der Waals surface area contributed by atoms with E-state index in [0.717, 1.165) is 23.2 Å². The van der Waals surface area contributed by atoms with Gasteiger partial charge in [-0.15, -0.1) is 0 Å². The van der Waals surface area contributed by atoms with Crippen molar-refractivity contribution < 1.29 is 0 Å². The first kappa shape index (κ1) is 15.1. The molecule has 2 atom stereocenters. The van der Waals surface area contributed by atoms with Crippen LogP contribution in [0.15, 0.2) is 18.2 Å². The molecule has 2 rings (SSSR count). The van der Waals surface area contributed by atoms with Crippen LogP contribution in [-0.2, 0) is 0 Å². The first-order valence-electron chi connectivity index (χ1n) is 6.89. The van der Waals surface area contributed by atoms with Gasteiger partial charge in [-0.1, -0.05) is 29.3 Å². The average molecular weight is 301 g/mol.